The van der Waals surface area contributed by atoms with Crippen molar-refractivity contribution in [1.82, 2.24) is 0 Å². The van der Waals surface area contributed by atoms with Crippen molar-refractivity contribution < 1.29 is 5.11 Å². The summed E-state index contributed by atoms with van der Waals surface area (Å²) in [5, 5.41) is 10.7. The van der Waals surface area contributed by atoms with Crippen LogP contribution >= 0.6 is 11.6 Å². The fraction of sp³-hybridized carbons (Fsp3) is 0.455. The van der Waals surface area contributed by atoms with Gasteiger partial charge in [-0.25, -0.2) is 0 Å². The van der Waals surface area contributed by atoms with Gasteiger partial charge in [0.2, 0.25) is 0 Å². The molecule has 0 amide bonds. The van der Waals surface area contributed by atoms with E-state index in [1.807, 2.05) is 24.3 Å². The highest BCUT2D eigenvalue weighted by Gasteiger charge is 2.19. The van der Waals surface area contributed by atoms with Crippen molar-refractivity contribution in [3.63, 3.8) is 0 Å². The second-order valence-electron chi connectivity index (χ2n) is 4.83. The van der Waals surface area contributed by atoms with Crippen molar-refractivity contribution in [2.75, 3.05) is 0 Å². The Bertz CT molecular complexity index is 289. The number of hydrogen-bond donors (Lipinski definition) is 1. The average molecular weight is 229 g/mol. The Kier molecular flexibility index (Phi) is 3.76. The molecule has 0 fully saturated rings. The first-order valence-electron chi connectivity index (χ1n) is 4.82. The highest BCUT2D eigenvalue weighted by atomic mass is 35.5. The number of hydrogen-bond acceptors (Lipinski definition) is 1. The summed E-state index contributed by atoms with van der Waals surface area (Å²) in [5.41, 5.74) is 0.969. The van der Waals surface area contributed by atoms with Crippen LogP contribution in [0.25, 0.3) is 0 Å². The predicted molar refractivity (Wildman–Crippen MR) is 64.6 cm³/mol. The van der Waals surface area contributed by atoms with Crippen molar-refractivity contribution in [2.24, 2.45) is 0 Å². The Hall–Kier alpha value is -0.313. The maximum atomic E-state index is 9.94. The van der Waals surface area contributed by atoms with Crippen molar-refractivity contribution in [2.45, 2.75) is 31.8 Å². The van der Waals surface area contributed by atoms with Gasteiger partial charge in [-0.15, -0.1) is 0 Å². The monoisotopic (exact) mass is 228 g/mol. The molecule has 0 saturated heterocycles. The molecular formula is C11H17ClOSi. The van der Waals surface area contributed by atoms with Crippen LogP contribution in [0.1, 0.15) is 11.7 Å². The van der Waals surface area contributed by atoms with Crippen LogP contribution in [0.15, 0.2) is 24.3 Å². The zero-order valence-electron chi connectivity index (χ0n) is 8.92. The van der Waals surface area contributed by atoms with Crippen LogP contribution in [0.2, 0.25) is 30.7 Å². The number of aliphatic hydroxyl groups excluding tert-OH is 1. The molecule has 1 N–H and O–H groups in total. The minimum Gasteiger partial charge on any atom is -0.389 e. The second-order valence-corrected chi connectivity index (χ2v) is 10.8. The molecule has 0 saturated carbocycles. The first kappa shape index (κ1) is 11.8. The summed E-state index contributed by atoms with van der Waals surface area (Å²) in [5.74, 6) is 0. The number of halogens is 1. The first-order valence-corrected chi connectivity index (χ1v) is 8.90. The molecule has 0 radical (unpaired) electrons. The average Bonchev–Trinajstić information content (AvgIpc) is 2.02. The Balaban J connectivity index is 2.70. The molecule has 0 bridgehead atoms. The van der Waals surface area contributed by atoms with Crippen LogP contribution in [0.5, 0.6) is 0 Å². The molecule has 0 aliphatic carbocycles. The topological polar surface area (TPSA) is 20.2 Å². The summed E-state index contributed by atoms with van der Waals surface area (Å²) in [4.78, 5) is 0. The molecule has 0 aliphatic rings. The maximum absolute atomic E-state index is 9.94. The van der Waals surface area contributed by atoms with Crippen LogP contribution in [-0.2, 0) is 0 Å². The van der Waals surface area contributed by atoms with Gasteiger partial charge in [0.15, 0.2) is 0 Å². The molecule has 1 aromatic carbocycles. The molecule has 14 heavy (non-hydrogen) atoms. The van der Waals surface area contributed by atoms with Crippen molar-refractivity contribution in [3.05, 3.63) is 34.9 Å². The summed E-state index contributed by atoms with van der Waals surface area (Å²) in [6.07, 6.45) is -0.334. The molecule has 78 valence electrons. The lowest BCUT2D eigenvalue weighted by molar-refractivity contribution is 0.197. The highest BCUT2D eigenvalue weighted by Crippen LogP contribution is 2.24. The van der Waals surface area contributed by atoms with E-state index in [9.17, 15) is 5.11 Å². The van der Waals surface area contributed by atoms with E-state index < -0.39 is 8.07 Å². The van der Waals surface area contributed by atoms with Gasteiger partial charge in [-0.3, -0.25) is 0 Å². The number of benzene rings is 1. The Morgan fingerprint density at radius 1 is 1.21 bits per heavy atom. The van der Waals surface area contributed by atoms with Gasteiger partial charge in [0, 0.05) is 13.1 Å². The highest BCUT2D eigenvalue weighted by molar-refractivity contribution is 6.76. The van der Waals surface area contributed by atoms with Crippen LogP contribution in [0, 0.1) is 0 Å². The lowest BCUT2D eigenvalue weighted by Crippen LogP contribution is -2.22. The van der Waals surface area contributed by atoms with E-state index in [-0.39, 0.29) is 6.10 Å². The standard InChI is InChI=1S/C11H17ClOSi/c1-14(2,3)8-11(13)9-4-6-10(12)7-5-9/h4-7,11,13H,8H2,1-3H3. The Labute approximate surface area is 91.7 Å². The third-order valence-corrected chi connectivity index (χ3v) is 3.92. The third kappa shape index (κ3) is 3.82. The molecule has 1 nitrogen and oxygen atoms in total. The van der Waals surface area contributed by atoms with Crippen molar-refractivity contribution >= 4 is 19.7 Å². The summed E-state index contributed by atoms with van der Waals surface area (Å²) in [7, 11) is -1.20. The van der Waals surface area contributed by atoms with E-state index in [1.54, 1.807) is 0 Å². The van der Waals surface area contributed by atoms with Gasteiger partial charge in [-0.2, -0.15) is 0 Å². The SMILES string of the molecule is C[Si](C)(C)CC(O)c1ccc(Cl)cc1. The van der Waals surface area contributed by atoms with Crippen LogP contribution in [-0.4, -0.2) is 13.2 Å². The van der Waals surface area contributed by atoms with E-state index in [0.717, 1.165) is 11.6 Å². The minimum absolute atomic E-state index is 0.334. The van der Waals surface area contributed by atoms with Crippen molar-refractivity contribution in [1.29, 1.82) is 0 Å². The molecule has 0 aliphatic heterocycles. The smallest absolute Gasteiger partial charge is 0.0766 e. The number of aliphatic hydroxyl groups is 1. The molecule has 0 spiro atoms. The molecule has 1 aromatic rings. The number of rotatable bonds is 3. The predicted octanol–water partition coefficient (Wildman–Crippen LogP) is 3.71. The van der Waals surface area contributed by atoms with Gasteiger partial charge < -0.3 is 5.11 Å². The molecule has 1 rings (SSSR count). The van der Waals surface area contributed by atoms with E-state index in [1.165, 1.54) is 0 Å². The van der Waals surface area contributed by atoms with Crippen LogP contribution in [0.3, 0.4) is 0 Å². The zero-order chi connectivity index (χ0) is 10.8. The van der Waals surface area contributed by atoms with Gasteiger partial charge in [-0.05, 0) is 23.7 Å². The summed E-state index contributed by atoms with van der Waals surface area (Å²) >= 11 is 5.78. The Morgan fingerprint density at radius 3 is 2.14 bits per heavy atom. The van der Waals surface area contributed by atoms with Crippen molar-refractivity contribution in [3.8, 4) is 0 Å². The molecule has 0 aromatic heterocycles. The van der Waals surface area contributed by atoms with Crippen LogP contribution < -0.4 is 0 Å². The molecule has 1 atom stereocenters. The molecule has 0 heterocycles. The summed E-state index contributed by atoms with van der Waals surface area (Å²) in [6.45, 7) is 6.77. The Morgan fingerprint density at radius 2 is 1.71 bits per heavy atom. The fourth-order valence-electron chi connectivity index (χ4n) is 1.38. The second kappa shape index (κ2) is 4.47. The van der Waals surface area contributed by atoms with E-state index in [0.29, 0.717) is 5.02 Å². The molecule has 3 heteroatoms. The zero-order valence-corrected chi connectivity index (χ0v) is 10.7. The molecular weight excluding hydrogens is 212 g/mol. The van der Waals surface area contributed by atoms with Gasteiger partial charge in [-0.1, -0.05) is 43.4 Å². The van der Waals surface area contributed by atoms with Gasteiger partial charge in [0.1, 0.15) is 0 Å². The van der Waals surface area contributed by atoms with Gasteiger partial charge in [0.05, 0.1) is 6.10 Å². The lowest BCUT2D eigenvalue weighted by atomic mass is 10.1. The summed E-state index contributed by atoms with van der Waals surface area (Å²) in [6, 6.07) is 8.34. The van der Waals surface area contributed by atoms with E-state index >= 15 is 0 Å². The van der Waals surface area contributed by atoms with E-state index in [4.69, 9.17) is 11.6 Å². The minimum atomic E-state index is -1.20. The third-order valence-electron chi connectivity index (χ3n) is 2.06. The molecule has 1 unspecified atom stereocenters. The maximum Gasteiger partial charge on any atom is 0.0766 e. The summed E-state index contributed by atoms with van der Waals surface area (Å²) < 4.78 is 0. The van der Waals surface area contributed by atoms with E-state index in [2.05, 4.69) is 19.6 Å². The first-order chi connectivity index (χ1) is 6.38. The van der Waals surface area contributed by atoms with Gasteiger partial charge in [0.25, 0.3) is 0 Å². The fourth-order valence-corrected chi connectivity index (χ4v) is 2.90. The van der Waals surface area contributed by atoms with Gasteiger partial charge >= 0.3 is 0 Å². The van der Waals surface area contributed by atoms with Crippen LogP contribution in [0.4, 0.5) is 0 Å². The lowest BCUT2D eigenvalue weighted by Gasteiger charge is -2.20. The largest absolute Gasteiger partial charge is 0.389 e. The quantitative estimate of drug-likeness (QED) is 0.783. The normalized spacial score (nSPS) is 14.1.